The highest BCUT2D eigenvalue weighted by molar-refractivity contribution is 9.10. The quantitative estimate of drug-likeness (QED) is 0.687. The Morgan fingerprint density at radius 1 is 1.33 bits per heavy atom. The summed E-state index contributed by atoms with van der Waals surface area (Å²) in [4.78, 5) is 0. The molecule has 4 N–H and O–H groups in total. The zero-order valence-corrected chi connectivity index (χ0v) is 10.2. The molecule has 0 aliphatic rings. The average molecular weight is 273 g/mol. The highest BCUT2D eigenvalue weighted by Crippen LogP contribution is 2.16. The van der Waals surface area contributed by atoms with Gasteiger partial charge in [-0.25, -0.2) is 0 Å². The lowest BCUT2D eigenvalue weighted by molar-refractivity contribution is 0.283. The Kier molecular flexibility index (Phi) is 5.86. The van der Waals surface area contributed by atoms with Crippen LogP contribution in [-0.2, 0) is 0 Å². The predicted octanol–water partition coefficient (Wildman–Crippen LogP) is 1.42. The Morgan fingerprint density at radius 3 is 2.53 bits per heavy atom. The molecule has 3 nitrogen and oxygen atoms in total. The van der Waals surface area contributed by atoms with Gasteiger partial charge in [0.1, 0.15) is 0 Å². The normalized spacial score (nSPS) is 12.7. The summed E-state index contributed by atoms with van der Waals surface area (Å²) in [5.74, 6) is 0. The van der Waals surface area contributed by atoms with E-state index >= 15 is 0 Å². The SMILES string of the molecule is NCC(NCCCO)c1ccc(Br)cc1. The second-order valence-corrected chi connectivity index (χ2v) is 4.29. The summed E-state index contributed by atoms with van der Waals surface area (Å²) >= 11 is 3.40. The number of aliphatic hydroxyl groups is 1. The van der Waals surface area contributed by atoms with Gasteiger partial charge in [-0.1, -0.05) is 28.1 Å². The van der Waals surface area contributed by atoms with Crippen LogP contribution in [-0.4, -0.2) is 24.8 Å². The van der Waals surface area contributed by atoms with Crippen molar-refractivity contribution in [3.8, 4) is 0 Å². The van der Waals surface area contributed by atoms with E-state index in [0.717, 1.165) is 17.4 Å². The van der Waals surface area contributed by atoms with E-state index in [9.17, 15) is 0 Å². The molecule has 1 aromatic carbocycles. The largest absolute Gasteiger partial charge is 0.396 e. The molecule has 1 aromatic rings. The molecule has 84 valence electrons. The summed E-state index contributed by atoms with van der Waals surface area (Å²) in [6, 6.07) is 8.28. The Balaban J connectivity index is 2.53. The first kappa shape index (κ1) is 12.6. The second kappa shape index (κ2) is 6.95. The summed E-state index contributed by atoms with van der Waals surface area (Å²) < 4.78 is 1.07. The summed E-state index contributed by atoms with van der Waals surface area (Å²) in [6.45, 7) is 1.56. The molecule has 0 aliphatic carbocycles. The fourth-order valence-electron chi connectivity index (χ4n) is 1.39. The molecule has 1 atom stereocenters. The number of aliphatic hydroxyl groups excluding tert-OH is 1. The van der Waals surface area contributed by atoms with Crippen LogP contribution in [0.4, 0.5) is 0 Å². The molecular weight excluding hydrogens is 256 g/mol. The monoisotopic (exact) mass is 272 g/mol. The number of benzene rings is 1. The first-order valence-corrected chi connectivity index (χ1v) is 5.87. The minimum absolute atomic E-state index is 0.171. The van der Waals surface area contributed by atoms with Gasteiger partial charge in [0.25, 0.3) is 0 Å². The lowest BCUT2D eigenvalue weighted by atomic mass is 10.1. The van der Waals surface area contributed by atoms with Crippen LogP contribution < -0.4 is 11.1 Å². The van der Waals surface area contributed by atoms with E-state index < -0.39 is 0 Å². The van der Waals surface area contributed by atoms with Gasteiger partial charge in [0, 0.05) is 23.7 Å². The van der Waals surface area contributed by atoms with E-state index in [4.69, 9.17) is 10.8 Å². The van der Waals surface area contributed by atoms with Crippen molar-refractivity contribution < 1.29 is 5.11 Å². The third-order valence-electron chi connectivity index (χ3n) is 2.23. The number of nitrogens with two attached hydrogens (primary N) is 1. The van der Waals surface area contributed by atoms with E-state index in [1.54, 1.807) is 0 Å². The van der Waals surface area contributed by atoms with Crippen molar-refractivity contribution in [2.45, 2.75) is 12.5 Å². The number of hydrogen-bond donors (Lipinski definition) is 3. The molecule has 0 saturated carbocycles. The molecular formula is C11H17BrN2O. The van der Waals surface area contributed by atoms with E-state index in [-0.39, 0.29) is 12.6 Å². The topological polar surface area (TPSA) is 58.3 Å². The van der Waals surface area contributed by atoms with Gasteiger partial charge in [-0.05, 0) is 30.7 Å². The zero-order chi connectivity index (χ0) is 11.1. The molecule has 0 aromatic heterocycles. The number of hydrogen-bond acceptors (Lipinski definition) is 3. The molecule has 0 heterocycles. The maximum absolute atomic E-state index is 8.68. The molecule has 0 spiro atoms. The minimum atomic E-state index is 0.171. The van der Waals surface area contributed by atoms with Crippen molar-refractivity contribution in [2.75, 3.05) is 19.7 Å². The molecule has 0 bridgehead atoms. The molecule has 1 unspecified atom stereocenters. The van der Waals surface area contributed by atoms with E-state index in [1.807, 2.05) is 24.3 Å². The maximum atomic E-state index is 8.68. The number of halogens is 1. The zero-order valence-electron chi connectivity index (χ0n) is 8.62. The predicted molar refractivity (Wildman–Crippen MR) is 65.6 cm³/mol. The van der Waals surface area contributed by atoms with Crippen LogP contribution in [0.3, 0.4) is 0 Å². The Bertz CT molecular complexity index is 276. The smallest absolute Gasteiger partial charge is 0.0444 e. The Morgan fingerprint density at radius 2 is 2.00 bits per heavy atom. The minimum Gasteiger partial charge on any atom is -0.396 e. The van der Waals surface area contributed by atoms with Crippen LogP contribution in [0.2, 0.25) is 0 Å². The Hall–Kier alpha value is -0.420. The van der Waals surface area contributed by atoms with Crippen molar-refractivity contribution in [3.63, 3.8) is 0 Å². The highest BCUT2D eigenvalue weighted by atomic mass is 79.9. The lowest BCUT2D eigenvalue weighted by Crippen LogP contribution is -2.29. The van der Waals surface area contributed by atoms with E-state index in [0.29, 0.717) is 6.54 Å². The van der Waals surface area contributed by atoms with Gasteiger partial charge < -0.3 is 16.2 Å². The van der Waals surface area contributed by atoms with Crippen molar-refractivity contribution in [2.24, 2.45) is 5.73 Å². The number of nitrogens with one attached hydrogen (secondary N) is 1. The van der Waals surface area contributed by atoms with Gasteiger partial charge in [-0.3, -0.25) is 0 Å². The van der Waals surface area contributed by atoms with Crippen LogP contribution in [0.15, 0.2) is 28.7 Å². The molecule has 0 aliphatic heterocycles. The Labute approximate surface area is 98.8 Å². The summed E-state index contributed by atoms with van der Waals surface area (Å²) in [5, 5.41) is 12.0. The maximum Gasteiger partial charge on any atom is 0.0444 e. The first-order valence-electron chi connectivity index (χ1n) is 5.07. The number of rotatable bonds is 6. The molecule has 0 radical (unpaired) electrons. The van der Waals surface area contributed by atoms with Crippen molar-refractivity contribution in [3.05, 3.63) is 34.3 Å². The molecule has 0 saturated heterocycles. The lowest BCUT2D eigenvalue weighted by Gasteiger charge is -2.17. The van der Waals surface area contributed by atoms with Crippen molar-refractivity contribution in [1.29, 1.82) is 0 Å². The van der Waals surface area contributed by atoms with Gasteiger partial charge in [0.2, 0.25) is 0 Å². The van der Waals surface area contributed by atoms with Gasteiger partial charge in [0.05, 0.1) is 0 Å². The molecule has 0 amide bonds. The summed E-state index contributed by atoms with van der Waals surface area (Å²) in [7, 11) is 0. The highest BCUT2D eigenvalue weighted by Gasteiger charge is 2.07. The van der Waals surface area contributed by atoms with Gasteiger partial charge in [-0.2, -0.15) is 0 Å². The van der Waals surface area contributed by atoms with Gasteiger partial charge in [0.15, 0.2) is 0 Å². The third kappa shape index (κ3) is 4.30. The second-order valence-electron chi connectivity index (χ2n) is 3.37. The van der Waals surface area contributed by atoms with Gasteiger partial charge >= 0.3 is 0 Å². The first-order chi connectivity index (χ1) is 7.27. The molecule has 15 heavy (non-hydrogen) atoms. The summed E-state index contributed by atoms with van der Waals surface area (Å²) in [5.41, 5.74) is 6.87. The standard InChI is InChI=1S/C11H17BrN2O/c12-10-4-2-9(3-5-10)11(8-13)14-6-1-7-15/h2-5,11,14-15H,1,6-8,13H2. The molecule has 4 heteroatoms. The average Bonchev–Trinajstić information content (AvgIpc) is 2.26. The van der Waals surface area contributed by atoms with E-state index in [2.05, 4.69) is 21.2 Å². The molecule has 0 fully saturated rings. The van der Waals surface area contributed by atoms with E-state index in [1.165, 1.54) is 5.56 Å². The van der Waals surface area contributed by atoms with Crippen LogP contribution in [0, 0.1) is 0 Å². The van der Waals surface area contributed by atoms with Crippen LogP contribution in [0.25, 0.3) is 0 Å². The van der Waals surface area contributed by atoms with Crippen LogP contribution >= 0.6 is 15.9 Å². The van der Waals surface area contributed by atoms with Crippen LogP contribution in [0.5, 0.6) is 0 Å². The molecule has 1 rings (SSSR count). The third-order valence-corrected chi connectivity index (χ3v) is 2.76. The fourth-order valence-corrected chi connectivity index (χ4v) is 1.65. The van der Waals surface area contributed by atoms with Crippen molar-refractivity contribution in [1.82, 2.24) is 5.32 Å². The summed E-state index contributed by atoms with van der Waals surface area (Å²) in [6.07, 6.45) is 0.757. The van der Waals surface area contributed by atoms with Crippen molar-refractivity contribution >= 4 is 15.9 Å². The van der Waals surface area contributed by atoms with Crippen LogP contribution in [0.1, 0.15) is 18.0 Å². The van der Waals surface area contributed by atoms with Gasteiger partial charge in [-0.15, -0.1) is 0 Å². The fraction of sp³-hybridized carbons (Fsp3) is 0.455.